The molecule has 2 aliphatic rings. The SMILES string of the molecule is CC(C)(C)OC(=O)N1CCC(NC(=O)C2=C(C(F)(F)F)c3cnc4cccc(n34)S2)CC1. The topological polar surface area (TPSA) is 75.9 Å². The molecule has 0 aromatic carbocycles. The van der Waals surface area contributed by atoms with Gasteiger partial charge in [0.1, 0.15) is 16.8 Å². The number of allylic oxidation sites excluding steroid dienone is 1. The molecule has 0 unspecified atom stereocenters. The molecule has 2 aromatic rings. The maximum absolute atomic E-state index is 14.0. The molecule has 0 spiro atoms. The van der Waals surface area contributed by atoms with Gasteiger partial charge in [0.15, 0.2) is 0 Å². The first-order valence-electron chi connectivity index (χ1n) is 10.2. The van der Waals surface area contributed by atoms with Crippen molar-refractivity contribution in [2.45, 2.75) is 56.5 Å². The van der Waals surface area contributed by atoms with Crippen LogP contribution in [0.1, 0.15) is 39.3 Å². The maximum Gasteiger partial charge on any atom is 0.419 e. The number of hydrogen-bond donors (Lipinski definition) is 1. The summed E-state index contributed by atoms with van der Waals surface area (Å²) in [7, 11) is 0. The number of amides is 2. The Bertz CT molecular complexity index is 1100. The third-order valence-corrected chi connectivity index (χ3v) is 6.28. The zero-order chi connectivity index (χ0) is 23.3. The smallest absolute Gasteiger partial charge is 0.419 e. The fourth-order valence-electron chi connectivity index (χ4n) is 3.75. The molecule has 4 rings (SSSR count). The van der Waals surface area contributed by atoms with Crippen LogP contribution in [0.3, 0.4) is 0 Å². The summed E-state index contributed by atoms with van der Waals surface area (Å²) in [6.07, 6.45) is -3.15. The first-order chi connectivity index (χ1) is 14.9. The number of likely N-dealkylation sites (tertiary alicyclic amines) is 1. The highest BCUT2D eigenvalue weighted by molar-refractivity contribution is 8.04. The van der Waals surface area contributed by atoms with E-state index in [1.807, 2.05) is 0 Å². The number of imidazole rings is 1. The Morgan fingerprint density at radius 1 is 1.19 bits per heavy atom. The molecule has 2 aliphatic heterocycles. The number of halogens is 3. The highest BCUT2D eigenvalue weighted by Crippen LogP contribution is 2.46. The molecule has 7 nitrogen and oxygen atoms in total. The molecule has 0 saturated carbocycles. The van der Waals surface area contributed by atoms with Crippen LogP contribution in [0.4, 0.5) is 18.0 Å². The molecule has 0 radical (unpaired) electrons. The van der Waals surface area contributed by atoms with Gasteiger partial charge in [-0.05, 0) is 45.7 Å². The summed E-state index contributed by atoms with van der Waals surface area (Å²) in [6, 6.07) is 4.62. The average molecular weight is 469 g/mol. The third kappa shape index (κ3) is 4.43. The minimum Gasteiger partial charge on any atom is -0.444 e. The number of piperidine rings is 1. The van der Waals surface area contributed by atoms with Crippen LogP contribution in [0.5, 0.6) is 0 Å². The van der Waals surface area contributed by atoms with E-state index in [4.69, 9.17) is 4.74 Å². The number of thioether (sulfide) groups is 1. The van der Waals surface area contributed by atoms with E-state index in [0.29, 0.717) is 36.6 Å². The van der Waals surface area contributed by atoms with Crippen molar-refractivity contribution in [1.29, 1.82) is 0 Å². The number of rotatable bonds is 2. The van der Waals surface area contributed by atoms with Gasteiger partial charge in [-0.25, -0.2) is 9.78 Å². The van der Waals surface area contributed by atoms with Gasteiger partial charge in [0.05, 0.1) is 21.8 Å². The number of pyridine rings is 1. The summed E-state index contributed by atoms with van der Waals surface area (Å²) >= 11 is 0.784. The van der Waals surface area contributed by atoms with Crippen LogP contribution in [0, 0.1) is 0 Å². The lowest BCUT2D eigenvalue weighted by molar-refractivity contribution is -0.118. The van der Waals surface area contributed by atoms with Crippen molar-refractivity contribution in [3.63, 3.8) is 0 Å². The minimum atomic E-state index is -4.72. The van der Waals surface area contributed by atoms with E-state index in [2.05, 4.69) is 10.3 Å². The summed E-state index contributed by atoms with van der Waals surface area (Å²) in [4.78, 5) is 30.3. The lowest BCUT2D eigenvalue weighted by Crippen LogP contribution is -2.48. The van der Waals surface area contributed by atoms with E-state index in [1.54, 1.807) is 43.9 Å². The molecular formula is C21H23F3N4O3S. The first-order valence-corrected chi connectivity index (χ1v) is 11.0. The van der Waals surface area contributed by atoms with Crippen LogP contribution in [-0.4, -0.2) is 57.2 Å². The number of aromatic nitrogens is 2. The van der Waals surface area contributed by atoms with E-state index >= 15 is 0 Å². The predicted octanol–water partition coefficient (Wildman–Crippen LogP) is 4.23. The van der Waals surface area contributed by atoms with Crippen LogP contribution in [0.25, 0.3) is 11.2 Å². The third-order valence-electron chi connectivity index (χ3n) is 5.15. The second-order valence-corrected chi connectivity index (χ2v) is 9.75. The summed E-state index contributed by atoms with van der Waals surface area (Å²) in [5.74, 6) is -0.775. The van der Waals surface area contributed by atoms with Gasteiger partial charge in [0, 0.05) is 19.1 Å². The molecule has 32 heavy (non-hydrogen) atoms. The highest BCUT2D eigenvalue weighted by atomic mass is 32.2. The Morgan fingerprint density at radius 2 is 1.88 bits per heavy atom. The Balaban J connectivity index is 1.51. The van der Waals surface area contributed by atoms with Gasteiger partial charge in [-0.15, -0.1) is 0 Å². The van der Waals surface area contributed by atoms with Crippen molar-refractivity contribution in [2.75, 3.05) is 13.1 Å². The number of nitrogens with zero attached hydrogens (tertiary/aromatic N) is 3. The van der Waals surface area contributed by atoms with Gasteiger partial charge >= 0.3 is 12.3 Å². The van der Waals surface area contributed by atoms with Gasteiger partial charge in [0.2, 0.25) is 0 Å². The molecule has 0 bridgehead atoms. The van der Waals surface area contributed by atoms with Crippen LogP contribution in [-0.2, 0) is 9.53 Å². The fourth-order valence-corrected chi connectivity index (χ4v) is 4.86. The molecule has 1 N–H and O–H groups in total. The monoisotopic (exact) mass is 468 g/mol. The fraction of sp³-hybridized carbons (Fsp3) is 0.476. The summed E-state index contributed by atoms with van der Waals surface area (Å²) in [5, 5.41) is 3.22. The van der Waals surface area contributed by atoms with E-state index in [-0.39, 0.29) is 11.7 Å². The van der Waals surface area contributed by atoms with Crippen LogP contribution in [0.2, 0.25) is 0 Å². The molecule has 2 aromatic heterocycles. The lowest BCUT2D eigenvalue weighted by Gasteiger charge is -2.34. The number of carbonyl (C=O) groups is 2. The summed E-state index contributed by atoms with van der Waals surface area (Å²) in [6.45, 7) is 6.03. The van der Waals surface area contributed by atoms with Gasteiger partial charge in [0.25, 0.3) is 5.91 Å². The largest absolute Gasteiger partial charge is 0.444 e. The van der Waals surface area contributed by atoms with Gasteiger partial charge in [-0.1, -0.05) is 17.8 Å². The zero-order valence-corrected chi connectivity index (χ0v) is 18.6. The van der Waals surface area contributed by atoms with Crippen LogP contribution >= 0.6 is 11.8 Å². The van der Waals surface area contributed by atoms with Crippen LogP contribution < -0.4 is 5.32 Å². The molecule has 4 heterocycles. The minimum absolute atomic E-state index is 0.147. The summed E-state index contributed by atoms with van der Waals surface area (Å²) < 4.78 is 48.6. The molecule has 11 heteroatoms. The quantitative estimate of drug-likeness (QED) is 0.714. The summed E-state index contributed by atoms with van der Waals surface area (Å²) in [5.41, 5.74) is -1.36. The average Bonchev–Trinajstić information content (AvgIpc) is 3.11. The Labute approximate surface area is 187 Å². The lowest BCUT2D eigenvalue weighted by atomic mass is 10.0. The number of alkyl halides is 3. The van der Waals surface area contributed by atoms with Crippen molar-refractivity contribution in [3.05, 3.63) is 35.0 Å². The Morgan fingerprint density at radius 3 is 2.50 bits per heavy atom. The van der Waals surface area contributed by atoms with Gasteiger partial charge < -0.3 is 15.0 Å². The van der Waals surface area contributed by atoms with Crippen molar-refractivity contribution in [3.8, 4) is 0 Å². The molecule has 0 atom stereocenters. The second kappa shape index (κ2) is 8.02. The molecule has 0 aliphatic carbocycles. The van der Waals surface area contributed by atoms with E-state index in [0.717, 1.165) is 18.0 Å². The number of nitrogens with one attached hydrogen (secondary N) is 1. The maximum atomic E-state index is 14.0. The molecule has 172 valence electrons. The molecule has 1 saturated heterocycles. The van der Waals surface area contributed by atoms with Crippen molar-refractivity contribution in [2.24, 2.45) is 0 Å². The molecule has 1 fully saturated rings. The number of carbonyl (C=O) groups excluding carboxylic acids is 2. The van der Waals surface area contributed by atoms with Gasteiger partial charge in [-0.2, -0.15) is 13.2 Å². The normalized spacial score (nSPS) is 17.6. The van der Waals surface area contributed by atoms with Crippen LogP contribution in [0.15, 0.2) is 34.3 Å². The zero-order valence-electron chi connectivity index (χ0n) is 17.8. The van der Waals surface area contributed by atoms with E-state index < -0.39 is 34.3 Å². The second-order valence-electron chi connectivity index (χ2n) is 8.72. The Kier molecular flexibility index (Phi) is 5.64. The standard InChI is InChI=1S/C21H23F3N4O3S/c1-20(2,3)31-19(30)27-9-7-12(8-10-27)26-18(29)17-16(21(22,23)24)13-11-25-14-5-4-6-15(32-17)28(13)14/h4-6,11-12H,7-10H2,1-3H3,(H,26,29). The van der Waals surface area contributed by atoms with Gasteiger partial charge in [-0.3, -0.25) is 9.20 Å². The first kappa shape index (κ1) is 22.5. The molecule has 2 amide bonds. The molecular weight excluding hydrogens is 445 g/mol. The highest BCUT2D eigenvalue weighted by Gasteiger charge is 2.44. The van der Waals surface area contributed by atoms with Crippen molar-refractivity contribution in [1.82, 2.24) is 19.6 Å². The van der Waals surface area contributed by atoms with E-state index in [1.165, 1.54) is 4.40 Å². The number of hydrogen-bond acceptors (Lipinski definition) is 5. The predicted molar refractivity (Wildman–Crippen MR) is 113 cm³/mol. The van der Waals surface area contributed by atoms with Crippen molar-refractivity contribution < 1.29 is 27.5 Å². The number of ether oxygens (including phenoxy) is 1. The van der Waals surface area contributed by atoms with E-state index in [9.17, 15) is 22.8 Å². The Hall–Kier alpha value is -2.69. The van der Waals surface area contributed by atoms with Crippen molar-refractivity contribution >= 4 is 35.0 Å².